The first kappa shape index (κ1) is 21.0. The van der Waals surface area contributed by atoms with Gasteiger partial charge in [0.05, 0.1) is 24.1 Å². The maximum atomic E-state index is 13.0. The van der Waals surface area contributed by atoms with Crippen molar-refractivity contribution in [2.24, 2.45) is 0 Å². The second-order valence-corrected chi connectivity index (χ2v) is 8.89. The molecule has 2 aromatic carbocycles. The maximum Gasteiger partial charge on any atom is 0.261 e. The molecule has 3 heterocycles. The number of morpholine rings is 1. The van der Waals surface area contributed by atoms with E-state index in [2.05, 4.69) is 22.3 Å². The molecule has 166 valence electrons. The molecule has 0 spiro atoms. The Morgan fingerprint density at radius 3 is 2.53 bits per heavy atom. The van der Waals surface area contributed by atoms with Crippen LogP contribution in [0.1, 0.15) is 21.3 Å². The van der Waals surface area contributed by atoms with Crippen LogP contribution in [0, 0.1) is 0 Å². The van der Waals surface area contributed by atoms with Gasteiger partial charge in [-0.2, -0.15) is 0 Å². The number of carbonyl (C=O) groups excluding carboxylic acids is 1. The van der Waals surface area contributed by atoms with E-state index in [0.29, 0.717) is 24.6 Å². The van der Waals surface area contributed by atoms with Crippen molar-refractivity contribution in [1.29, 1.82) is 0 Å². The number of hydrogen-bond donors (Lipinski definition) is 1. The number of nitrogens with zero attached hydrogens (tertiary/aromatic N) is 1. The fourth-order valence-electron chi connectivity index (χ4n) is 4.11. The summed E-state index contributed by atoms with van der Waals surface area (Å²) in [5, 5.41) is 3.15. The van der Waals surface area contributed by atoms with Crippen molar-refractivity contribution in [3.8, 4) is 21.9 Å². The molecule has 2 aliphatic rings. The fraction of sp³-hybridized carbons (Fsp3) is 0.320. The van der Waals surface area contributed by atoms with E-state index in [-0.39, 0.29) is 11.9 Å². The average molecular weight is 451 g/mol. The number of benzene rings is 2. The Morgan fingerprint density at radius 1 is 0.938 bits per heavy atom. The molecule has 0 bridgehead atoms. The highest BCUT2D eigenvalue weighted by Gasteiger charge is 2.23. The van der Waals surface area contributed by atoms with Crippen molar-refractivity contribution in [2.75, 3.05) is 46.1 Å². The van der Waals surface area contributed by atoms with Crippen LogP contribution in [0.2, 0.25) is 0 Å². The van der Waals surface area contributed by atoms with Gasteiger partial charge in [0.2, 0.25) is 0 Å². The number of thiophene rings is 1. The molecule has 3 aromatic rings. The SMILES string of the molecule is O=C(NCC(c1ccccc1)N1CCOCC1)c1ccc(-c2ccc3c(c2)OCCO3)s1. The molecule has 1 unspecified atom stereocenters. The van der Waals surface area contributed by atoms with Gasteiger partial charge in [0, 0.05) is 24.5 Å². The van der Waals surface area contributed by atoms with Crippen LogP contribution in [-0.2, 0) is 4.74 Å². The van der Waals surface area contributed by atoms with Crippen LogP contribution in [0.25, 0.3) is 10.4 Å². The first-order valence-electron chi connectivity index (χ1n) is 10.9. The predicted octanol–water partition coefficient (Wildman–Crippen LogP) is 3.99. The molecule has 2 aliphatic heterocycles. The van der Waals surface area contributed by atoms with Crippen LogP contribution >= 0.6 is 11.3 Å². The molecule has 1 amide bonds. The van der Waals surface area contributed by atoms with Crippen molar-refractivity contribution in [3.63, 3.8) is 0 Å². The molecular weight excluding hydrogens is 424 g/mol. The van der Waals surface area contributed by atoms with E-state index in [4.69, 9.17) is 14.2 Å². The third kappa shape index (κ3) is 4.65. The molecule has 6 nitrogen and oxygen atoms in total. The number of rotatable bonds is 6. The van der Waals surface area contributed by atoms with Gasteiger partial charge in [-0.25, -0.2) is 0 Å². The molecule has 1 atom stereocenters. The van der Waals surface area contributed by atoms with E-state index in [1.807, 2.05) is 48.5 Å². The minimum Gasteiger partial charge on any atom is -0.486 e. The second kappa shape index (κ2) is 9.73. The Morgan fingerprint density at radius 2 is 1.72 bits per heavy atom. The largest absolute Gasteiger partial charge is 0.486 e. The summed E-state index contributed by atoms with van der Waals surface area (Å²) in [5.41, 5.74) is 2.23. The molecule has 32 heavy (non-hydrogen) atoms. The molecular formula is C25H26N2O4S. The minimum absolute atomic E-state index is 0.0482. The topological polar surface area (TPSA) is 60.0 Å². The highest BCUT2D eigenvalue weighted by molar-refractivity contribution is 7.17. The molecule has 7 heteroatoms. The van der Waals surface area contributed by atoms with E-state index in [9.17, 15) is 4.79 Å². The zero-order chi connectivity index (χ0) is 21.8. The predicted molar refractivity (Wildman–Crippen MR) is 125 cm³/mol. The Bertz CT molecular complexity index is 1060. The summed E-state index contributed by atoms with van der Waals surface area (Å²) in [7, 11) is 0. The normalized spacial score (nSPS) is 17.0. The van der Waals surface area contributed by atoms with Gasteiger partial charge in [0.15, 0.2) is 11.5 Å². The lowest BCUT2D eigenvalue weighted by Gasteiger charge is -2.34. The van der Waals surface area contributed by atoms with Crippen LogP contribution in [-0.4, -0.2) is 56.9 Å². The van der Waals surface area contributed by atoms with Crippen LogP contribution < -0.4 is 14.8 Å². The Balaban J connectivity index is 1.28. The summed E-state index contributed by atoms with van der Waals surface area (Å²) in [6.45, 7) is 4.86. The van der Waals surface area contributed by atoms with Gasteiger partial charge in [-0.3, -0.25) is 9.69 Å². The summed E-state index contributed by atoms with van der Waals surface area (Å²) in [4.78, 5) is 17.1. The quantitative estimate of drug-likeness (QED) is 0.615. The van der Waals surface area contributed by atoms with Crippen molar-refractivity contribution >= 4 is 17.2 Å². The molecule has 1 fully saturated rings. The van der Waals surface area contributed by atoms with Crippen LogP contribution in [0.3, 0.4) is 0 Å². The Labute approximate surface area is 191 Å². The number of amides is 1. The molecule has 1 N–H and O–H groups in total. The average Bonchev–Trinajstić information content (AvgIpc) is 3.36. The molecule has 0 saturated carbocycles. The summed E-state index contributed by atoms with van der Waals surface area (Å²) >= 11 is 1.49. The number of hydrogen-bond acceptors (Lipinski definition) is 6. The highest BCUT2D eigenvalue weighted by Crippen LogP contribution is 2.37. The fourth-order valence-corrected chi connectivity index (χ4v) is 5.03. The highest BCUT2D eigenvalue weighted by atomic mass is 32.1. The molecule has 0 radical (unpaired) electrons. The first-order chi connectivity index (χ1) is 15.8. The number of ether oxygens (including phenoxy) is 3. The van der Waals surface area contributed by atoms with Crippen molar-refractivity contribution in [2.45, 2.75) is 6.04 Å². The number of carbonyl (C=O) groups is 1. The lowest BCUT2D eigenvalue weighted by molar-refractivity contribution is 0.0162. The zero-order valence-electron chi connectivity index (χ0n) is 17.8. The minimum atomic E-state index is -0.0482. The standard InChI is InChI=1S/C25H26N2O4S/c28-25(26-17-20(18-4-2-1-3-5-18)27-10-12-29-13-11-27)24-9-8-23(32-24)19-6-7-21-22(16-19)31-15-14-30-21/h1-9,16,20H,10-15,17H2,(H,26,28). The van der Waals surface area contributed by atoms with E-state index in [1.165, 1.54) is 16.9 Å². The molecule has 5 rings (SSSR count). The van der Waals surface area contributed by atoms with Crippen LogP contribution in [0.5, 0.6) is 11.5 Å². The van der Waals surface area contributed by atoms with Gasteiger partial charge >= 0.3 is 0 Å². The van der Waals surface area contributed by atoms with E-state index in [1.54, 1.807) is 0 Å². The number of fused-ring (bicyclic) bond motifs is 1. The summed E-state index contributed by atoms with van der Waals surface area (Å²) in [5.74, 6) is 1.47. The van der Waals surface area contributed by atoms with Crippen LogP contribution in [0.4, 0.5) is 0 Å². The Kier molecular flexibility index (Phi) is 6.39. The van der Waals surface area contributed by atoms with Gasteiger partial charge in [-0.15, -0.1) is 11.3 Å². The van der Waals surface area contributed by atoms with Crippen molar-refractivity contribution in [1.82, 2.24) is 10.2 Å². The molecule has 0 aliphatic carbocycles. The zero-order valence-corrected chi connectivity index (χ0v) is 18.6. The van der Waals surface area contributed by atoms with Gasteiger partial charge in [0.25, 0.3) is 5.91 Å². The van der Waals surface area contributed by atoms with Gasteiger partial charge in [0.1, 0.15) is 13.2 Å². The maximum absolute atomic E-state index is 13.0. The van der Waals surface area contributed by atoms with Crippen LogP contribution in [0.15, 0.2) is 60.7 Å². The number of nitrogens with one attached hydrogen (secondary N) is 1. The molecule has 1 aromatic heterocycles. The second-order valence-electron chi connectivity index (χ2n) is 7.81. The smallest absolute Gasteiger partial charge is 0.261 e. The Hall–Kier alpha value is -2.87. The summed E-state index contributed by atoms with van der Waals surface area (Å²) in [6, 6.07) is 20.3. The third-order valence-electron chi connectivity index (χ3n) is 5.78. The lowest BCUT2D eigenvalue weighted by atomic mass is 10.0. The van der Waals surface area contributed by atoms with E-state index < -0.39 is 0 Å². The summed E-state index contributed by atoms with van der Waals surface area (Å²) < 4.78 is 16.8. The first-order valence-corrected chi connectivity index (χ1v) is 11.7. The van der Waals surface area contributed by atoms with Gasteiger partial charge in [-0.05, 0) is 41.5 Å². The van der Waals surface area contributed by atoms with Crippen molar-refractivity contribution < 1.29 is 19.0 Å². The lowest BCUT2D eigenvalue weighted by Crippen LogP contribution is -2.43. The summed E-state index contributed by atoms with van der Waals surface area (Å²) in [6.07, 6.45) is 0. The van der Waals surface area contributed by atoms with E-state index >= 15 is 0 Å². The molecule has 1 saturated heterocycles. The van der Waals surface area contributed by atoms with Gasteiger partial charge in [-0.1, -0.05) is 30.3 Å². The van der Waals surface area contributed by atoms with Crippen molar-refractivity contribution in [3.05, 3.63) is 71.1 Å². The van der Waals surface area contributed by atoms with E-state index in [0.717, 1.165) is 48.2 Å². The monoisotopic (exact) mass is 450 g/mol. The third-order valence-corrected chi connectivity index (χ3v) is 6.92. The van der Waals surface area contributed by atoms with Gasteiger partial charge < -0.3 is 19.5 Å².